The fourth-order valence-corrected chi connectivity index (χ4v) is 4.34. The summed E-state index contributed by atoms with van der Waals surface area (Å²) >= 11 is 0. The summed E-state index contributed by atoms with van der Waals surface area (Å²) in [6.07, 6.45) is 17.4. The van der Waals surface area contributed by atoms with E-state index in [2.05, 4.69) is 75.7 Å². The van der Waals surface area contributed by atoms with Crippen LogP contribution in [0.5, 0.6) is 0 Å². The van der Waals surface area contributed by atoms with Gasteiger partial charge in [-0.25, -0.2) is 22.5 Å². The molecule has 0 unspecified atom stereocenters. The van der Waals surface area contributed by atoms with Gasteiger partial charge in [0.15, 0.2) is 0 Å². The maximum Gasteiger partial charge on any atom is 4.00 e. The molecule has 132 valence electrons. The summed E-state index contributed by atoms with van der Waals surface area (Å²) in [6, 6.07) is 0. The van der Waals surface area contributed by atoms with Crippen LogP contribution in [0.4, 0.5) is 0 Å². The molecule has 0 aromatic rings. The van der Waals surface area contributed by atoms with Crippen molar-refractivity contribution in [3.05, 3.63) is 61.7 Å². The molecule has 0 atom stereocenters. The Kier molecular flexibility index (Phi) is 23.1. The van der Waals surface area contributed by atoms with Gasteiger partial charge in [0.05, 0.1) is 0 Å². The van der Waals surface area contributed by atoms with Crippen molar-refractivity contribution in [3.63, 3.8) is 0 Å². The van der Waals surface area contributed by atoms with Gasteiger partial charge in [0.2, 0.25) is 0 Å². The molecule has 0 aromatic carbocycles. The van der Waals surface area contributed by atoms with Gasteiger partial charge in [0, 0.05) is 0 Å². The second kappa shape index (κ2) is 15.1. The van der Waals surface area contributed by atoms with Crippen LogP contribution in [0.15, 0.2) is 34.7 Å². The molecular formula is C18H34Cl2Si2Zr. The Bertz CT molecular complexity index is 372. The Morgan fingerprint density at radius 2 is 0.957 bits per heavy atom. The van der Waals surface area contributed by atoms with Crippen molar-refractivity contribution in [2.24, 2.45) is 0 Å². The minimum atomic E-state index is -0.981. The summed E-state index contributed by atoms with van der Waals surface area (Å²) in [5.74, 6) is 0. The monoisotopic (exact) mass is 466 g/mol. The smallest absolute Gasteiger partial charge is 0.358 e. The van der Waals surface area contributed by atoms with E-state index in [0.717, 1.165) is 12.8 Å². The van der Waals surface area contributed by atoms with Crippen LogP contribution in [0, 0.1) is 27.0 Å². The average molecular weight is 469 g/mol. The van der Waals surface area contributed by atoms with E-state index in [-0.39, 0.29) is 65.9 Å². The van der Waals surface area contributed by atoms with E-state index in [0.29, 0.717) is 0 Å². The van der Waals surface area contributed by atoms with E-state index in [9.17, 15) is 0 Å². The molecule has 0 spiro atoms. The van der Waals surface area contributed by atoms with Crippen LogP contribution in [0.1, 0.15) is 12.8 Å². The predicted octanol–water partition coefficient (Wildman–Crippen LogP) is 6.85. The van der Waals surface area contributed by atoms with E-state index in [4.69, 9.17) is 0 Å². The molecule has 5 heteroatoms. The Morgan fingerprint density at radius 3 is 1.04 bits per heavy atom. The molecule has 0 saturated heterocycles. The van der Waals surface area contributed by atoms with E-state index >= 15 is 0 Å². The summed E-state index contributed by atoms with van der Waals surface area (Å²) in [5.41, 5.74) is 0. The zero-order valence-corrected chi connectivity index (χ0v) is 22.1. The third-order valence-electron chi connectivity index (χ3n) is 3.13. The Labute approximate surface area is 180 Å². The first-order chi connectivity index (χ1) is 8.21. The fraction of sp³-hybridized carbons (Fsp3) is 0.444. The van der Waals surface area contributed by atoms with E-state index < -0.39 is 16.1 Å². The van der Waals surface area contributed by atoms with Crippen molar-refractivity contribution in [3.8, 4) is 0 Å². The summed E-state index contributed by atoms with van der Waals surface area (Å²) in [7, 11) is -1.96. The van der Waals surface area contributed by atoms with Gasteiger partial charge in [0.1, 0.15) is 0 Å². The molecule has 0 bridgehead atoms. The normalized spacial score (nSPS) is 14.3. The van der Waals surface area contributed by atoms with Gasteiger partial charge in [-0.05, 0) is 16.1 Å². The van der Waals surface area contributed by atoms with Crippen molar-refractivity contribution in [1.82, 2.24) is 0 Å². The first-order valence-corrected chi connectivity index (χ1v) is 13.8. The maximum atomic E-state index is 3.20. The topological polar surface area (TPSA) is 0 Å². The summed E-state index contributed by atoms with van der Waals surface area (Å²) < 4.78 is 0. The first kappa shape index (κ1) is 35.1. The third-order valence-corrected chi connectivity index (χ3v) is 7.29. The van der Waals surface area contributed by atoms with Gasteiger partial charge < -0.3 is 14.9 Å². The zero-order valence-electron chi connectivity index (χ0n) is 16.0. The van der Waals surface area contributed by atoms with Crippen LogP contribution in [-0.2, 0) is 26.2 Å². The standard InChI is InChI=1S/2C8H13Si.2CH3.2ClH.Zr/c2*1-9(2,3)8-6-4-5-7-8;;;;;/h2*6-7H,4H2,1-3H3;2*1H3;2*1H;/q4*-1;;;+4. The molecule has 0 N–H and O–H groups in total. The Balaban J connectivity index is -0.0000000771. The number of hydrogen-bond acceptors (Lipinski definition) is 0. The molecule has 0 heterocycles. The van der Waals surface area contributed by atoms with Crippen LogP contribution in [-0.4, -0.2) is 16.1 Å². The first-order valence-electron chi connectivity index (χ1n) is 6.76. The van der Waals surface area contributed by atoms with Gasteiger partial charge in [-0.1, -0.05) is 39.3 Å². The van der Waals surface area contributed by atoms with Crippen molar-refractivity contribution < 1.29 is 26.2 Å². The number of halogens is 2. The van der Waals surface area contributed by atoms with E-state index in [1.165, 1.54) is 0 Å². The van der Waals surface area contributed by atoms with Crippen LogP contribution >= 0.6 is 24.8 Å². The molecule has 0 nitrogen and oxygen atoms in total. The van der Waals surface area contributed by atoms with E-state index in [1.807, 2.05) is 0 Å². The van der Waals surface area contributed by atoms with Crippen LogP contribution in [0.2, 0.25) is 39.3 Å². The molecule has 2 aliphatic rings. The Hall–Kier alpha value is 0.857. The molecule has 23 heavy (non-hydrogen) atoms. The van der Waals surface area contributed by atoms with E-state index in [1.54, 1.807) is 10.4 Å². The van der Waals surface area contributed by atoms with Crippen LogP contribution in [0.25, 0.3) is 0 Å². The average Bonchev–Trinajstić information content (AvgIpc) is 2.91. The number of hydrogen-bond donors (Lipinski definition) is 0. The molecule has 0 fully saturated rings. The minimum Gasteiger partial charge on any atom is -0.358 e. The molecule has 0 saturated carbocycles. The SMILES string of the molecule is C[Si](C)(C)C1=CC[C-]=C1.C[Si](C)(C)C1=CC[C-]=C1.Cl.Cl.[CH3-].[CH3-].[Zr+4]. The van der Waals surface area contributed by atoms with Gasteiger partial charge in [-0.15, -0.1) is 37.7 Å². The zero-order chi connectivity index (χ0) is 13.8. The van der Waals surface area contributed by atoms with Gasteiger partial charge in [-0.2, -0.15) is 12.2 Å². The molecule has 0 aromatic heterocycles. The molecule has 0 aliphatic heterocycles. The van der Waals surface area contributed by atoms with Crippen molar-refractivity contribution >= 4 is 41.0 Å². The molecule has 2 aliphatic carbocycles. The maximum absolute atomic E-state index is 3.20. The van der Waals surface area contributed by atoms with Gasteiger partial charge in [0.25, 0.3) is 0 Å². The number of rotatable bonds is 2. The van der Waals surface area contributed by atoms with Gasteiger partial charge >= 0.3 is 26.2 Å². The Morgan fingerprint density at radius 1 is 0.696 bits per heavy atom. The van der Waals surface area contributed by atoms with Crippen LogP contribution in [0.3, 0.4) is 0 Å². The molecular weight excluding hydrogens is 434 g/mol. The summed E-state index contributed by atoms with van der Waals surface area (Å²) in [5, 5.41) is 3.12. The summed E-state index contributed by atoms with van der Waals surface area (Å²) in [4.78, 5) is 0. The molecule has 0 amide bonds. The minimum absolute atomic E-state index is 0. The van der Waals surface area contributed by atoms with Crippen molar-refractivity contribution in [2.75, 3.05) is 0 Å². The van der Waals surface area contributed by atoms with Crippen molar-refractivity contribution in [1.29, 1.82) is 0 Å². The summed E-state index contributed by atoms with van der Waals surface area (Å²) in [6.45, 7) is 14.2. The van der Waals surface area contributed by atoms with Gasteiger partial charge in [-0.3, -0.25) is 12.2 Å². The third kappa shape index (κ3) is 13.8. The van der Waals surface area contributed by atoms with Crippen molar-refractivity contribution in [2.45, 2.75) is 52.1 Å². The number of allylic oxidation sites excluding steroid dienone is 8. The molecule has 0 radical (unpaired) electrons. The fourth-order valence-electron chi connectivity index (χ4n) is 1.84. The second-order valence-corrected chi connectivity index (χ2v) is 17.1. The largest absolute Gasteiger partial charge is 4.00 e. The quantitative estimate of drug-likeness (QED) is 0.307. The second-order valence-electron chi connectivity index (χ2n) is 6.92. The van der Waals surface area contributed by atoms with Crippen LogP contribution < -0.4 is 0 Å². The predicted molar refractivity (Wildman–Crippen MR) is 115 cm³/mol. The molecule has 2 rings (SSSR count).